The third kappa shape index (κ3) is 5.97. The summed E-state index contributed by atoms with van der Waals surface area (Å²) in [6.45, 7) is 2.89. The summed E-state index contributed by atoms with van der Waals surface area (Å²) in [4.78, 5) is 10.2. The molecule has 0 radical (unpaired) electrons. The predicted molar refractivity (Wildman–Crippen MR) is 122 cm³/mol. The van der Waals surface area contributed by atoms with Crippen molar-refractivity contribution in [3.63, 3.8) is 0 Å². The third-order valence-corrected chi connectivity index (χ3v) is 5.46. The van der Waals surface area contributed by atoms with Crippen molar-refractivity contribution in [1.82, 2.24) is 9.97 Å². The van der Waals surface area contributed by atoms with Gasteiger partial charge in [-0.05, 0) is 49.2 Å². The van der Waals surface area contributed by atoms with E-state index in [0.29, 0.717) is 33.0 Å². The molecule has 7 nitrogen and oxygen atoms in total. The van der Waals surface area contributed by atoms with Gasteiger partial charge in [0.1, 0.15) is 24.8 Å². The number of benzene rings is 1. The maximum atomic E-state index is 11.9. The van der Waals surface area contributed by atoms with Gasteiger partial charge in [0.25, 0.3) is 0 Å². The second-order valence-electron chi connectivity index (χ2n) is 7.84. The number of alkyl halides is 1. The van der Waals surface area contributed by atoms with Crippen LogP contribution in [0.25, 0.3) is 22.2 Å². The molecule has 1 aliphatic rings. The van der Waals surface area contributed by atoms with Crippen LogP contribution in [0.15, 0.2) is 42.6 Å². The lowest BCUT2D eigenvalue weighted by molar-refractivity contribution is 0.0325. The molecule has 1 atom stereocenters. The molecule has 1 saturated heterocycles. The van der Waals surface area contributed by atoms with Crippen LogP contribution in [0.5, 0.6) is 5.75 Å². The number of rotatable bonds is 11. The van der Waals surface area contributed by atoms with E-state index in [9.17, 15) is 9.50 Å². The summed E-state index contributed by atoms with van der Waals surface area (Å²) < 4.78 is 28.1. The Morgan fingerprint density at radius 3 is 2.69 bits per heavy atom. The van der Waals surface area contributed by atoms with Crippen LogP contribution < -0.4 is 9.64 Å². The number of H-pyrrole nitrogens is 1. The lowest BCUT2D eigenvalue weighted by Crippen LogP contribution is -2.38. The Morgan fingerprint density at radius 2 is 1.91 bits per heavy atom. The Labute approximate surface area is 187 Å². The van der Waals surface area contributed by atoms with Crippen molar-refractivity contribution in [3.05, 3.63) is 42.6 Å². The average molecular weight is 444 g/mol. The zero-order valence-electron chi connectivity index (χ0n) is 18.1. The first-order chi connectivity index (χ1) is 15.7. The van der Waals surface area contributed by atoms with Crippen LogP contribution in [-0.2, 0) is 9.47 Å². The van der Waals surface area contributed by atoms with Gasteiger partial charge in [0.05, 0.1) is 32.5 Å². The number of aromatic amines is 1. The number of aromatic nitrogens is 2. The summed E-state index contributed by atoms with van der Waals surface area (Å²) in [5.74, 6) is 1.67. The summed E-state index contributed by atoms with van der Waals surface area (Å²) in [6.07, 6.45) is 3.44. The van der Waals surface area contributed by atoms with Gasteiger partial charge < -0.3 is 29.2 Å². The van der Waals surface area contributed by atoms with Gasteiger partial charge in [-0.2, -0.15) is 0 Å². The molecule has 1 fully saturated rings. The van der Waals surface area contributed by atoms with Gasteiger partial charge in [-0.1, -0.05) is 0 Å². The minimum atomic E-state index is -0.474. The van der Waals surface area contributed by atoms with Crippen LogP contribution >= 0.6 is 0 Å². The molecular formula is C24H30FN3O4. The summed E-state index contributed by atoms with van der Waals surface area (Å²) >= 11 is 0. The highest BCUT2D eigenvalue weighted by molar-refractivity contribution is 5.87. The fraction of sp³-hybridized carbons (Fsp3) is 0.458. The smallest absolute Gasteiger partial charge is 0.128 e. The molecule has 172 valence electrons. The molecule has 4 rings (SSSR count). The van der Waals surface area contributed by atoms with E-state index >= 15 is 0 Å². The number of fused-ring (bicyclic) bond motifs is 1. The molecule has 2 N–H and O–H groups in total. The topological polar surface area (TPSA) is 79.8 Å². The van der Waals surface area contributed by atoms with Crippen molar-refractivity contribution in [1.29, 1.82) is 0 Å². The van der Waals surface area contributed by atoms with Crippen LogP contribution in [0.1, 0.15) is 12.8 Å². The zero-order valence-corrected chi connectivity index (χ0v) is 18.1. The lowest BCUT2D eigenvalue weighted by atomic mass is 10.1. The predicted octanol–water partition coefficient (Wildman–Crippen LogP) is 3.57. The number of aliphatic hydroxyl groups is 1. The van der Waals surface area contributed by atoms with Crippen molar-refractivity contribution >= 4 is 16.7 Å². The van der Waals surface area contributed by atoms with E-state index in [1.54, 1.807) is 0 Å². The molecular weight excluding hydrogens is 413 g/mol. The van der Waals surface area contributed by atoms with Gasteiger partial charge >= 0.3 is 0 Å². The molecule has 0 amide bonds. The number of ether oxygens (including phenoxy) is 3. The summed E-state index contributed by atoms with van der Waals surface area (Å²) in [6, 6.07) is 12.1. The molecule has 0 saturated carbocycles. The van der Waals surface area contributed by atoms with E-state index in [1.807, 2.05) is 30.5 Å². The van der Waals surface area contributed by atoms with Gasteiger partial charge in [-0.15, -0.1) is 0 Å². The number of hydrogen-bond acceptors (Lipinski definition) is 6. The Balaban J connectivity index is 1.31. The normalized spacial score (nSPS) is 16.6. The Morgan fingerprint density at radius 1 is 1.06 bits per heavy atom. The van der Waals surface area contributed by atoms with Gasteiger partial charge in [0, 0.05) is 41.4 Å². The molecule has 3 aromatic rings. The van der Waals surface area contributed by atoms with Crippen molar-refractivity contribution in [2.24, 2.45) is 0 Å². The first-order valence-corrected chi connectivity index (χ1v) is 11.1. The lowest BCUT2D eigenvalue weighted by Gasteiger charge is -2.31. The number of hydrogen-bond donors (Lipinski definition) is 2. The molecule has 8 heteroatoms. The van der Waals surface area contributed by atoms with Crippen molar-refractivity contribution < 1.29 is 23.7 Å². The van der Waals surface area contributed by atoms with Crippen LogP contribution in [0.4, 0.5) is 10.2 Å². The van der Waals surface area contributed by atoms with Gasteiger partial charge in [0.2, 0.25) is 0 Å². The minimum absolute atomic E-state index is 0.112. The van der Waals surface area contributed by atoms with E-state index < -0.39 is 6.67 Å². The number of pyridine rings is 1. The fourth-order valence-electron chi connectivity index (χ4n) is 3.85. The number of anilines is 1. The highest BCUT2D eigenvalue weighted by Gasteiger charge is 2.18. The number of nitrogens with zero attached hydrogens (tertiary/aromatic N) is 2. The first-order valence-electron chi connectivity index (χ1n) is 11.1. The van der Waals surface area contributed by atoms with Gasteiger partial charge in [-0.25, -0.2) is 9.37 Å². The Bertz CT molecular complexity index is 979. The standard InChI is InChI=1S/C24H30FN3O4/c25-7-9-30-10-11-31-12-13-32-21-4-5-22-19(14-21)15-23(27-22)18-3-6-24(26-16-18)28-8-1-2-20(29)17-28/h3-6,14-16,20,27,29H,1-2,7-13,17H2/t20-/m1/s1. The summed E-state index contributed by atoms with van der Waals surface area (Å²) in [5.41, 5.74) is 3.02. The van der Waals surface area contributed by atoms with E-state index in [4.69, 9.17) is 14.2 Å². The van der Waals surface area contributed by atoms with Crippen LogP contribution in [0.2, 0.25) is 0 Å². The van der Waals surface area contributed by atoms with Crippen LogP contribution in [0.3, 0.4) is 0 Å². The second kappa shape index (κ2) is 11.3. The Hall–Kier alpha value is -2.68. The first kappa shape index (κ1) is 22.5. The molecule has 0 bridgehead atoms. The highest BCUT2D eigenvalue weighted by atomic mass is 19.1. The molecule has 0 unspecified atom stereocenters. The zero-order chi connectivity index (χ0) is 22.2. The molecule has 2 aromatic heterocycles. The van der Waals surface area contributed by atoms with E-state index in [2.05, 4.69) is 27.0 Å². The molecule has 1 aromatic carbocycles. The Kier molecular flexibility index (Phi) is 7.92. The molecule has 1 aliphatic heterocycles. The van der Waals surface area contributed by atoms with Gasteiger partial charge in [-0.3, -0.25) is 0 Å². The maximum Gasteiger partial charge on any atom is 0.128 e. The number of piperidine rings is 1. The second-order valence-corrected chi connectivity index (χ2v) is 7.84. The summed E-state index contributed by atoms with van der Waals surface area (Å²) in [7, 11) is 0. The van der Waals surface area contributed by atoms with E-state index in [-0.39, 0.29) is 12.7 Å². The minimum Gasteiger partial charge on any atom is -0.491 e. The fourth-order valence-corrected chi connectivity index (χ4v) is 3.85. The third-order valence-electron chi connectivity index (χ3n) is 5.46. The monoisotopic (exact) mass is 443 g/mol. The van der Waals surface area contributed by atoms with Crippen molar-refractivity contribution in [2.75, 3.05) is 57.7 Å². The van der Waals surface area contributed by atoms with Crippen LogP contribution in [0, 0.1) is 0 Å². The average Bonchev–Trinajstić information content (AvgIpc) is 3.24. The van der Waals surface area contributed by atoms with E-state index in [1.165, 1.54) is 0 Å². The van der Waals surface area contributed by atoms with Gasteiger partial charge in [0.15, 0.2) is 0 Å². The molecule has 32 heavy (non-hydrogen) atoms. The quantitative estimate of drug-likeness (QED) is 0.441. The molecule has 0 aliphatic carbocycles. The van der Waals surface area contributed by atoms with Crippen molar-refractivity contribution in [2.45, 2.75) is 18.9 Å². The number of aliphatic hydroxyl groups excluding tert-OH is 1. The molecule has 0 spiro atoms. The highest BCUT2D eigenvalue weighted by Crippen LogP contribution is 2.28. The molecule has 3 heterocycles. The SMILES string of the molecule is O[C@@H]1CCCN(c2ccc(-c3cc4cc(OCCOCCOCCF)ccc4[nH]3)cn2)C1. The maximum absolute atomic E-state index is 11.9. The summed E-state index contributed by atoms with van der Waals surface area (Å²) in [5, 5.41) is 10.9. The number of halogens is 1. The number of nitrogens with one attached hydrogen (secondary N) is 1. The van der Waals surface area contributed by atoms with Crippen molar-refractivity contribution in [3.8, 4) is 17.0 Å². The number of β-amino-alcohol motifs (C(OH)–C–C–N with tert-alkyl or cyclic N) is 1. The van der Waals surface area contributed by atoms with Crippen LogP contribution in [-0.4, -0.2) is 74.0 Å². The van der Waals surface area contributed by atoms with E-state index in [0.717, 1.165) is 53.1 Å². The largest absolute Gasteiger partial charge is 0.491 e.